The second-order valence-corrected chi connectivity index (χ2v) is 5.99. The van der Waals surface area contributed by atoms with E-state index in [2.05, 4.69) is 5.32 Å². The normalized spacial score (nSPS) is 11.8. The molecule has 132 valence electrons. The quantitative estimate of drug-likeness (QED) is 0.705. The zero-order valence-corrected chi connectivity index (χ0v) is 14.2. The van der Waals surface area contributed by atoms with Crippen LogP contribution in [0.2, 0.25) is 0 Å². The molecule has 1 amide bonds. The molecule has 5 heteroatoms. The van der Waals surface area contributed by atoms with Crippen molar-refractivity contribution in [3.05, 3.63) is 78.1 Å². The van der Waals surface area contributed by atoms with Gasteiger partial charge in [0.05, 0.1) is 6.42 Å². The Labute approximate surface area is 150 Å². The number of halogens is 1. The molecule has 3 aromatic rings. The van der Waals surface area contributed by atoms with Gasteiger partial charge in [0.1, 0.15) is 5.82 Å². The molecule has 0 aromatic heterocycles. The third-order valence-corrected chi connectivity index (χ3v) is 3.95. The van der Waals surface area contributed by atoms with Crippen molar-refractivity contribution in [1.82, 2.24) is 0 Å². The fourth-order valence-electron chi connectivity index (χ4n) is 2.58. The first-order chi connectivity index (χ1) is 12.5. The van der Waals surface area contributed by atoms with Gasteiger partial charge in [0.25, 0.3) is 5.91 Å². The summed E-state index contributed by atoms with van der Waals surface area (Å²) in [6, 6.07) is 19.0. The van der Waals surface area contributed by atoms with E-state index in [-0.39, 0.29) is 6.42 Å². The van der Waals surface area contributed by atoms with Gasteiger partial charge in [0, 0.05) is 5.69 Å². The summed E-state index contributed by atoms with van der Waals surface area (Å²) in [6.45, 7) is 1.50. The zero-order valence-electron chi connectivity index (χ0n) is 14.2. The van der Waals surface area contributed by atoms with Crippen molar-refractivity contribution in [2.24, 2.45) is 0 Å². The number of esters is 1. The van der Waals surface area contributed by atoms with Gasteiger partial charge < -0.3 is 10.1 Å². The lowest BCUT2D eigenvalue weighted by Crippen LogP contribution is -2.30. The summed E-state index contributed by atoms with van der Waals surface area (Å²) in [5.41, 5.74) is 1.26. The molecular formula is C21H18FNO3. The molecule has 3 rings (SSSR count). The number of carbonyl (C=O) groups excluding carboxylic acids is 2. The standard InChI is InChI=1S/C21H18FNO3/c1-14(21(25)23-19-10-8-18(22)9-11-19)26-20(24)13-15-6-7-16-4-2-3-5-17(16)12-15/h2-12,14H,13H2,1H3,(H,23,25)/t14-/m0/s1. The van der Waals surface area contributed by atoms with Crippen molar-refractivity contribution in [3.8, 4) is 0 Å². The third-order valence-electron chi connectivity index (χ3n) is 3.95. The highest BCUT2D eigenvalue weighted by Crippen LogP contribution is 2.16. The Bertz CT molecular complexity index is 937. The van der Waals surface area contributed by atoms with E-state index in [1.807, 2.05) is 42.5 Å². The van der Waals surface area contributed by atoms with Crippen molar-refractivity contribution in [2.45, 2.75) is 19.4 Å². The van der Waals surface area contributed by atoms with Crippen molar-refractivity contribution in [1.29, 1.82) is 0 Å². The second kappa shape index (κ2) is 7.78. The Morgan fingerprint density at radius 1 is 1.00 bits per heavy atom. The van der Waals surface area contributed by atoms with Crippen LogP contribution in [0.5, 0.6) is 0 Å². The predicted molar refractivity (Wildman–Crippen MR) is 98.2 cm³/mol. The molecule has 4 nitrogen and oxygen atoms in total. The fourth-order valence-corrected chi connectivity index (χ4v) is 2.58. The molecule has 1 atom stereocenters. The summed E-state index contributed by atoms with van der Waals surface area (Å²) in [5, 5.41) is 4.72. The van der Waals surface area contributed by atoms with E-state index in [4.69, 9.17) is 4.74 Å². The number of ether oxygens (including phenoxy) is 1. The maximum Gasteiger partial charge on any atom is 0.311 e. The largest absolute Gasteiger partial charge is 0.452 e. The Balaban J connectivity index is 1.57. The summed E-state index contributed by atoms with van der Waals surface area (Å²) in [4.78, 5) is 24.2. The van der Waals surface area contributed by atoms with Gasteiger partial charge in [-0.2, -0.15) is 0 Å². The van der Waals surface area contributed by atoms with Crippen molar-refractivity contribution in [2.75, 3.05) is 5.32 Å². The molecule has 0 aliphatic heterocycles. The molecule has 0 saturated carbocycles. The zero-order chi connectivity index (χ0) is 18.5. The van der Waals surface area contributed by atoms with E-state index in [9.17, 15) is 14.0 Å². The lowest BCUT2D eigenvalue weighted by molar-refractivity contribution is -0.152. The summed E-state index contributed by atoms with van der Waals surface area (Å²) in [7, 11) is 0. The highest BCUT2D eigenvalue weighted by atomic mass is 19.1. The number of amides is 1. The van der Waals surface area contributed by atoms with Gasteiger partial charge in [-0.1, -0.05) is 42.5 Å². The van der Waals surface area contributed by atoms with Crippen LogP contribution in [0, 0.1) is 5.82 Å². The van der Waals surface area contributed by atoms with Gasteiger partial charge in [-0.25, -0.2) is 4.39 Å². The molecule has 0 bridgehead atoms. The van der Waals surface area contributed by atoms with E-state index in [0.29, 0.717) is 5.69 Å². The maximum absolute atomic E-state index is 12.9. The average molecular weight is 351 g/mol. The van der Waals surface area contributed by atoms with Gasteiger partial charge >= 0.3 is 5.97 Å². The lowest BCUT2D eigenvalue weighted by Gasteiger charge is -2.13. The Kier molecular flexibility index (Phi) is 5.27. The topological polar surface area (TPSA) is 55.4 Å². The summed E-state index contributed by atoms with van der Waals surface area (Å²) in [5.74, 6) is -1.34. The first-order valence-electron chi connectivity index (χ1n) is 8.25. The molecule has 0 aliphatic carbocycles. The number of rotatable bonds is 5. The van der Waals surface area contributed by atoms with Gasteiger partial charge in [-0.15, -0.1) is 0 Å². The molecule has 0 aliphatic rings. The van der Waals surface area contributed by atoms with Crippen molar-refractivity contribution < 1.29 is 18.7 Å². The van der Waals surface area contributed by atoms with Crippen LogP contribution in [0.1, 0.15) is 12.5 Å². The molecule has 3 aromatic carbocycles. The van der Waals surface area contributed by atoms with Crippen LogP contribution in [0.15, 0.2) is 66.7 Å². The highest BCUT2D eigenvalue weighted by Gasteiger charge is 2.18. The molecule has 0 heterocycles. The number of benzene rings is 3. The Hall–Kier alpha value is -3.21. The summed E-state index contributed by atoms with van der Waals surface area (Å²) in [6.07, 6.45) is -0.869. The molecule has 0 fully saturated rings. The smallest absolute Gasteiger partial charge is 0.311 e. The van der Waals surface area contributed by atoms with E-state index >= 15 is 0 Å². The van der Waals surface area contributed by atoms with Gasteiger partial charge in [-0.3, -0.25) is 9.59 Å². The predicted octanol–water partition coefficient (Wildman–Crippen LogP) is 4.09. The minimum Gasteiger partial charge on any atom is -0.452 e. The molecule has 0 radical (unpaired) electrons. The first kappa shape index (κ1) is 17.6. The van der Waals surface area contributed by atoms with Gasteiger partial charge in [0.2, 0.25) is 0 Å². The number of hydrogen-bond acceptors (Lipinski definition) is 3. The minimum absolute atomic E-state index is 0.0823. The average Bonchev–Trinajstić information content (AvgIpc) is 2.63. The summed E-state index contributed by atoms with van der Waals surface area (Å²) < 4.78 is 18.1. The number of anilines is 1. The third kappa shape index (κ3) is 4.45. The molecule has 26 heavy (non-hydrogen) atoms. The van der Waals surface area contributed by atoms with Gasteiger partial charge in [0.15, 0.2) is 6.10 Å². The summed E-state index contributed by atoms with van der Waals surface area (Å²) >= 11 is 0. The number of nitrogens with one attached hydrogen (secondary N) is 1. The fraction of sp³-hybridized carbons (Fsp3) is 0.143. The van der Waals surface area contributed by atoms with Crippen LogP contribution >= 0.6 is 0 Å². The minimum atomic E-state index is -0.951. The number of fused-ring (bicyclic) bond motifs is 1. The Morgan fingerprint density at radius 3 is 2.42 bits per heavy atom. The molecular weight excluding hydrogens is 333 g/mol. The first-order valence-corrected chi connectivity index (χ1v) is 8.25. The van der Waals surface area contributed by atoms with Crippen LogP contribution in [-0.4, -0.2) is 18.0 Å². The van der Waals surface area contributed by atoms with Crippen LogP contribution in [0.4, 0.5) is 10.1 Å². The van der Waals surface area contributed by atoms with E-state index < -0.39 is 23.8 Å². The number of carbonyl (C=O) groups is 2. The number of hydrogen-bond donors (Lipinski definition) is 1. The van der Waals surface area contributed by atoms with Gasteiger partial charge in [-0.05, 0) is 47.5 Å². The van der Waals surface area contributed by atoms with E-state index in [0.717, 1.165) is 16.3 Å². The molecule has 0 saturated heterocycles. The Morgan fingerprint density at radius 2 is 1.69 bits per heavy atom. The highest BCUT2D eigenvalue weighted by molar-refractivity contribution is 5.95. The van der Waals surface area contributed by atoms with Crippen LogP contribution in [0.3, 0.4) is 0 Å². The molecule has 0 unspecified atom stereocenters. The van der Waals surface area contributed by atoms with E-state index in [1.165, 1.54) is 31.2 Å². The SMILES string of the molecule is C[C@H](OC(=O)Cc1ccc2ccccc2c1)C(=O)Nc1ccc(F)cc1. The van der Waals surface area contributed by atoms with E-state index in [1.54, 1.807) is 0 Å². The van der Waals surface area contributed by atoms with Crippen LogP contribution < -0.4 is 5.32 Å². The van der Waals surface area contributed by atoms with Crippen molar-refractivity contribution >= 4 is 28.3 Å². The van der Waals surface area contributed by atoms with Crippen molar-refractivity contribution in [3.63, 3.8) is 0 Å². The maximum atomic E-state index is 12.9. The monoisotopic (exact) mass is 351 g/mol. The van der Waals surface area contributed by atoms with Crippen LogP contribution in [-0.2, 0) is 20.7 Å². The molecule has 0 spiro atoms. The lowest BCUT2D eigenvalue weighted by atomic mass is 10.1. The van der Waals surface area contributed by atoms with Crippen LogP contribution in [0.25, 0.3) is 10.8 Å². The second-order valence-electron chi connectivity index (χ2n) is 5.99. The molecule has 1 N–H and O–H groups in total.